The number of hydrogen-bond acceptors (Lipinski definition) is 2. The van der Waals surface area contributed by atoms with Gasteiger partial charge in [0, 0.05) is 18.5 Å². The zero-order valence-electron chi connectivity index (χ0n) is 9.45. The van der Waals surface area contributed by atoms with Crippen LogP contribution in [0.5, 0.6) is 0 Å². The number of alkyl halides is 4. The van der Waals surface area contributed by atoms with Crippen LogP contribution >= 0.6 is 11.6 Å². The van der Waals surface area contributed by atoms with Gasteiger partial charge in [-0.2, -0.15) is 13.2 Å². The Hall–Kier alpha value is -0.0000000000000000555. The first-order valence-electron chi connectivity index (χ1n) is 5.39. The van der Waals surface area contributed by atoms with Gasteiger partial charge in [-0.15, -0.1) is 11.6 Å². The number of rotatable bonds is 9. The number of nitrogens with one attached hydrogen (secondary N) is 1. The molecular formula is C10H19ClF3NO. The van der Waals surface area contributed by atoms with Gasteiger partial charge in [0.1, 0.15) is 6.61 Å². The van der Waals surface area contributed by atoms with Gasteiger partial charge < -0.3 is 10.1 Å². The van der Waals surface area contributed by atoms with Gasteiger partial charge in [-0.3, -0.25) is 0 Å². The number of halogens is 4. The van der Waals surface area contributed by atoms with Gasteiger partial charge in [-0.25, -0.2) is 0 Å². The van der Waals surface area contributed by atoms with Gasteiger partial charge in [-0.1, -0.05) is 0 Å². The molecule has 0 radical (unpaired) electrons. The second-order valence-corrected chi connectivity index (χ2v) is 4.09. The van der Waals surface area contributed by atoms with Gasteiger partial charge in [0.15, 0.2) is 0 Å². The topological polar surface area (TPSA) is 21.3 Å². The molecule has 0 bridgehead atoms. The van der Waals surface area contributed by atoms with Gasteiger partial charge >= 0.3 is 6.18 Å². The molecule has 1 atom stereocenters. The molecule has 0 aliphatic rings. The van der Waals surface area contributed by atoms with Crippen LogP contribution in [0.4, 0.5) is 13.2 Å². The van der Waals surface area contributed by atoms with Crippen molar-refractivity contribution >= 4 is 11.6 Å². The first kappa shape index (κ1) is 16.0. The molecule has 0 saturated heterocycles. The van der Waals surface area contributed by atoms with Crippen LogP contribution in [0.25, 0.3) is 0 Å². The van der Waals surface area contributed by atoms with Crippen LogP contribution in [0, 0.1) is 0 Å². The molecule has 0 saturated carbocycles. The van der Waals surface area contributed by atoms with E-state index in [0.717, 1.165) is 12.8 Å². The monoisotopic (exact) mass is 261 g/mol. The average Bonchev–Trinajstić information content (AvgIpc) is 2.18. The quantitative estimate of drug-likeness (QED) is 0.509. The predicted molar refractivity (Wildman–Crippen MR) is 58.9 cm³/mol. The summed E-state index contributed by atoms with van der Waals surface area (Å²) in [5, 5.41) is 3.20. The van der Waals surface area contributed by atoms with Crippen molar-refractivity contribution in [2.45, 2.75) is 38.4 Å². The van der Waals surface area contributed by atoms with Crippen LogP contribution in [0.2, 0.25) is 0 Å². The van der Waals surface area contributed by atoms with Crippen molar-refractivity contribution < 1.29 is 17.9 Å². The van der Waals surface area contributed by atoms with Crippen molar-refractivity contribution in [2.75, 3.05) is 25.6 Å². The molecule has 0 heterocycles. The summed E-state index contributed by atoms with van der Waals surface area (Å²) in [5.41, 5.74) is 0. The number of ether oxygens (including phenoxy) is 1. The molecule has 2 nitrogen and oxygen atoms in total. The molecule has 0 spiro atoms. The van der Waals surface area contributed by atoms with Gasteiger partial charge in [-0.05, 0) is 32.7 Å². The Morgan fingerprint density at radius 3 is 2.56 bits per heavy atom. The van der Waals surface area contributed by atoms with E-state index < -0.39 is 12.8 Å². The summed E-state index contributed by atoms with van der Waals surface area (Å²) < 4.78 is 39.5. The van der Waals surface area contributed by atoms with Crippen molar-refractivity contribution in [3.05, 3.63) is 0 Å². The molecule has 0 aromatic heterocycles. The van der Waals surface area contributed by atoms with Crippen molar-refractivity contribution in [1.29, 1.82) is 0 Å². The molecule has 0 rings (SSSR count). The van der Waals surface area contributed by atoms with Crippen molar-refractivity contribution in [3.8, 4) is 0 Å². The van der Waals surface area contributed by atoms with E-state index in [0.29, 0.717) is 24.9 Å². The summed E-state index contributed by atoms with van der Waals surface area (Å²) >= 11 is 5.54. The van der Waals surface area contributed by atoms with E-state index in [1.165, 1.54) is 0 Å². The van der Waals surface area contributed by atoms with E-state index >= 15 is 0 Å². The van der Waals surface area contributed by atoms with E-state index in [4.69, 9.17) is 11.6 Å². The molecule has 0 fully saturated rings. The zero-order valence-corrected chi connectivity index (χ0v) is 10.2. The summed E-state index contributed by atoms with van der Waals surface area (Å²) in [7, 11) is 0. The smallest absolute Gasteiger partial charge is 0.372 e. The van der Waals surface area contributed by atoms with Crippen molar-refractivity contribution in [1.82, 2.24) is 5.32 Å². The fourth-order valence-electron chi connectivity index (χ4n) is 1.20. The molecule has 0 aromatic carbocycles. The number of hydrogen-bond donors (Lipinski definition) is 1. The summed E-state index contributed by atoms with van der Waals surface area (Å²) in [6.07, 6.45) is -1.71. The molecule has 1 unspecified atom stereocenters. The highest BCUT2D eigenvalue weighted by molar-refractivity contribution is 6.17. The lowest BCUT2D eigenvalue weighted by molar-refractivity contribution is -0.173. The zero-order chi connectivity index (χ0) is 12.4. The lowest BCUT2D eigenvalue weighted by Gasteiger charge is -2.13. The first-order chi connectivity index (χ1) is 7.45. The third kappa shape index (κ3) is 12.1. The minimum Gasteiger partial charge on any atom is -0.372 e. The maximum atomic E-state index is 11.7. The average molecular weight is 262 g/mol. The van der Waals surface area contributed by atoms with E-state index in [1.54, 1.807) is 0 Å². The molecule has 1 N–H and O–H groups in total. The molecule has 0 aromatic rings. The van der Waals surface area contributed by atoms with E-state index in [-0.39, 0.29) is 6.61 Å². The Morgan fingerprint density at radius 2 is 2.00 bits per heavy atom. The fraction of sp³-hybridized carbons (Fsp3) is 1.00. The third-order valence-corrected chi connectivity index (χ3v) is 2.26. The van der Waals surface area contributed by atoms with Crippen LogP contribution in [-0.2, 0) is 4.74 Å². The highest BCUT2D eigenvalue weighted by Crippen LogP contribution is 2.14. The lowest BCUT2D eigenvalue weighted by atomic mass is 10.2. The highest BCUT2D eigenvalue weighted by Gasteiger charge is 2.27. The Balaban J connectivity index is 3.20. The van der Waals surface area contributed by atoms with E-state index in [9.17, 15) is 13.2 Å². The molecule has 0 aliphatic heterocycles. The summed E-state index contributed by atoms with van der Waals surface area (Å²) in [5.74, 6) is 0.640. The summed E-state index contributed by atoms with van der Waals surface area (Å²) in [6.45, 7) is 1.67. The summed E-state index contributed by atoms with van der Waals surface area (Å²) in [6, 6.07) is 0.348. The molecule has 0 aliphatic carbocycles. The van der Waals surface area contributed by atoms with Crippen LogP contribution in [0.3, 0.4) is 0 Å². The Labute approximate surface area is 99.5 Å². The van der Waals surface area contributed by atoms with Gasteiger partial charge in [0.05, 0.1) is 0 Å². The second-order valence-electron chi connectivity index (χ2n) is 3.71. The molecule has 0 amide bonds. The normalized spacial score (nSPS) is 14.1. The standard InChI is InChI=1S/C10H19ClF3NO/c1-9(4-2-5-11)15-6-3-7-16-8-10(12,13)14/h9,15H,2-8H2,1H3. The van der Waals surface area contributed by atoms with Crippen LogP contribution in [-0.4, -0.2) is 37.9 Å². The molecule has 98 valence electrons. The Morgan fingerprint density at radius 1 is 1.31 bits per heavy atom. The highest BCUT2D eigenvalue weighted by atomic mass is 35.5. The minimum atomic E-state index is -4.22. The van der Waals surface area contributed by atoms with Crippen molar-refractivity contribution in [3.63, 3.8) is 0 Å². The minimum absolute atomic E-state index is 0.134. The SMILES string of the molecule is CC(CCCCl)NCCCOCC(F)(F)F. The molecular weight excluding hydrogens is 243 g/mol. The largest absolute Gasteiger partial charge is 0.411 e. The lowest BCUT2D eigenvalue weighted by Crippen LogP contribution is -2.28. The Kier molecular flexibility index (Phi) is 9.07. The molecule has 16 heavy (non-hydrogen) atoms. The van der Waals surface area contributed by atoms with E-state index in [2.05, 4.69) is 10.1 Å². The van der Waals surface area contributed by atoms with Crippen LogP contribution in [0.1, 0.15) is 26.2 Å². The third-order valence-electron chi connectivity index (χ3n) is 1.99. The predicted octanol–water partition coefficient (Wildman–Crippen LogP) is 2.95. The van der Waals surface area contributed by atoms with Crippen LogP contribution < -0.4 is 5.32 Å². The van der Waals surface area contributed by atoms with Crippen molar-refractivity contribution in [2.24, 2.45) is 0 Å². The first-order valence-corrected chi connectivity index (χ1v) is 5.93. The van der Waals surface area contributed by atoms with Gasteiger partial charge in [0.25, 0.3) is 0 Å². The van der Waals surface area contributed by atoms with Crippen LogP contribution in [0.15, 0.2) is 0 Å². The summed E-state index contributed by atoms with van der Waals surface area (Å²) in [4.78, 5) is 0. The Bertz CT molecular complexity index is 167. The maximum Gasteiger partial charge on any atom is 0.411 e. The fourth-order valence-corrected chi connectivity index (χ4v) is 1.35. The van der Waals surface area contributed by atoms with Gasteiger partial charge in [0.2, 0.25) is 0 Å². The maximum absolute atomic E-state index is 11.7. The molecule has 6 heteroatoms. The van der Waals surface area contributed by atoms with E-state index in [1.807, 2.05) is 6.92 Å². The second kappa shape index (κ2) is 9.07.